The molecule has 1 aromatic carbocycles. The number of thiazole rings is 1. The van der Waals surface area contributed by atoms with Gasteiger partial charge in [-0.15, -0.1) is 0 Å². The quantitative estimate of drug-likeness (QED) is 0.842. The van der Waals surface area contributed by atoms with Gasteiger partial charge in [-0.25, -0.2) is 9.37 Å². The lowest BCUT2D eigenvalue weighted by molar-refractivity contribution is 0.629. The van der Waals surface area contributed by atoms with Gasteiger partial charge in [-0.1, -0.05) is 11.3 Å². The summed E-state index contributed by atoms with van der Waals surface area (Å²) in [7, 11) is 0. The van der Waals surface area contributed by atoms with Gasteiger partial charge in [0.05, 0.1) is 10.2 Å². The predicted octanol–water partition coefficient (Wildman–Crippen LogP) is 2.24. The van der Waals surface area contributed by atoms with Crippen LogP contribution in [0.4, 0.5) is 9.52 Å². The molecule has 3 nitrogen and oxygen atoms in total. The zero-order chi connectivity index (χ0) is 11.7. The van der Waals surface area contributed by atoms with E-state index in [2.05, 4.69) is 15.2 Å². The van der Waals surface area contributed by atoms with Gasteiger partial charge in [0, 0.05) is 25.7 Å². The lowest BCUT2D eigenvalue weighted by atomic mass is 10.3. The molecule has 0 saturated carbocycles. The molecule has 0 unspecified atom stereocenters. The maximum atomic E-state index is 13.1. The third-order valence-corrected chi connectivity index (χ3v) is 4.05. The number of benzene rings is 1. The van der Waals surface area contributed by atoms with E-state index in [0.717, 1.165) is 47.9 Å². The number of hydrogen-bond acceptors (Lipinski definition) is 4. The molecule has 0 aliphatic carbocycles. The lowest BCUT2D eigenvalue weighted by Crippen LogP contribution is -2.27. The first-order valence-corrected chi connectivity index (χ1v) is 6.66. The van der Waals surface area contributed by atoms with E-state index in [4.69, 9.17) is 0 Å². The highest BCUT2D eigenvalue weighted by Gasteiger charge is 2.13. The second-order valence-electron chi connectivity index (χ2n) is 4.20. The van der Waals surface area contributed by atoms with E-state index in [1.165, 1.54) is 12.1 Å². The third-order valence-electron chi connectivity index (χ3n) is 2.95. The van der Waals surface area contributed by atoms with Gasteiger partial charge in [0.1, 0.15) is 5.82 Å². The molecule has 1 fully saturated rings. The zero-order valence-electron chi connectivity index (χ0n) is 9.45. The van der Waals surface area contributed by atoms with Crippen LogP contribution in [-0.4, -0.2) is 31.2 Å². The molecule has 5 heteroatoms. The van der Waals surface area contributed by atoms with E-state index in [0.29, 0.717) is 0 Å². The van der Waals surface area contributed by atoms with Gasteiger partial charge < -0.3 is 10.2 Å². The number of halogens is 1. The summed E-state index contributed by atoms with van der Waals surface area (Å²) in [6.45, 7) is 4.05. The highest BCUT2D eigenvalue weighted by Crippen LogP contribution is 2.29. The topological polar surface area (TPSA) is 28.2 Å². The molecule has 0 atom stereocenters. The van der Waals surface area contributed by atoms with Gasteiger partial charge in [-0.05, 0) is 25.1 Å². The van der Waals surface area contributed by atoms with E-state index in [9.17, 15) is 4.39 Å². The normalized spacial score (nSPS) is 17.4. The summed E-state index contributed by atoms with van der Waals surface area (Å²) in [5.41, 5.74) is 0.766. The third kappa shape index (κ3) is 2.25. The molecule has 1 aromatic heterocycles. The summed E-state index contributed by atoms with van der Waals surface area (Å²) < 4.78 is 14.1. The number of nitrogens with one attached hydrogen (secondary N) is 1. The molecule has 1 saturated heterocycles. The fourth-order valence-electron chi connectivity index (χ4n) is 2.06. The number of fused-ring (bicyclic) bond motifs is 1. The van der Waals surface area contributed by atoms with Crippen LogP contribution < -0.4 is 10.2 Å². The van der Waals surface area contributed by atoms with Crippen molar-refractivity contribution in [1.82, 2.24) is 10.3 Å². The molecule has 1 aliphatic heterocycles. The van der Waals surface area contributed by atoms with Gasteiger partial charge in [-0.3, -0.25) is 0 Å². The Morgan fingerprint density at radius 2 is 2.24 bits per heavy atom. The first-order valence-electron chi connectivity index (χ1n) is 5.85. The van der Waals surface area contributed by atoms with E-state index < -0.39 is 0 Å². The van der Waals surface area contributed by atoms with Gasteiger partial charge in [-0.2, -0.15) is 0 Å². The maximum absolute atomic E-state index is 13.1. The molecule has 90 valence electrons. The van der Waals surface area contributed by atoms with Crippen molar-refractivity contribution in [3.8, 4) is 0 Å². The maximum Gasteiger partial charge on any atom is 0.186 e. The second-order valence-corrected chi connectivity index (χ2v) is 5.21. The Morgan fingerprint density at radius 1 is 1.29 bits per heavy atom. The molecule has 1 N–H and O–H groups in total. The minimum absolute atomic E-state index is 0.216. The van der Waals surface area contributed by atoms with Crippen LogP contribution in [-0.2, 0) is 0 Å². The van der Waals surface area contributed by atoms with Gasteiger partial charge in [0.2, 0.25) is 0 Å². The highest BCUT2D eigenvalue weighted by atomic mass is 32.1. The predicted molar refractivity (Wildman–Crippen MR) is 69.3 cm³/mol. The molecule has 2 aromatic rings. The number of aromatic nitrogens is 1. The van der Waals surface area contributed by atoms with Crippen LogP contribution in [0.3, 0.4) is 0 Å². The van der Waals surface area contributed by atoms with Crippen molar-refractivity contribution in [3.63, 3.8) is 0 Å². The van der Waals surface area contributed by atoms with Crippen molar-refractivity contribution >= 4 is 26.7 Å². The zero-order valence-corrected chi connectivity index (χ0v) is 10.3. The van der Waals surface area contributed by atoms with Gasteiger partial charge in [0.15, 0.2) is 5.13 Å². The van der Waals surface area contributed by atoms with E-state index >= 15 is 0 Å². The molecule has 0 amide bonds. The Hall–Kier alpha value is -1.20. The summed E-state index contributed by atoms with van der Waals surface area (Å²) in [5.74, 6) is -0.216. The fourth-order valence-corrected chi connectivity index (χ4v) is 3.06. The minimum Gasteiger partial charge on any atom is -0.347 e. The van der Waals surface area contributed by atoms with Crippen LogP contribution in [0.1, 0.15) is 6.42 Å². The van der Waals surface area contributed by atoms with E-state index in [1.54, 1.807) is 11.3 Å². The average Bonchev–Trinajstić information content (AvgIpc) is 2.57. The van der Waals surface area contributed by atoms with Crippen molar-refractivity contribution in [1.29, 1.82) is 0 Å². The first-order chi connectivity index (χ1) is 8.33. The minimum atomic E-state index is -0.216. The molecule has 17 heavy (non-hydrogen) atoms. The standard InChI is InChI=1S/C12H14FN3S/c13-9-2-3-11-10(8-9)15-12(17-11)16-6-1-4-14-5-7-16/h2-3,8,14H,1,4-7H2. The molecule has 3 rings (SSSR count). The number of rotatable bonds is 1. The molecule has 2 heterocycles. The van der Waals surface area contributed by atoms with Crippen LogP contribution in [0.15, 0.2) is 18.2 Å². The molecular weight excluding hydrogens is 237 g/mol. The molecular formula is C12H14FN3S. The lowest BCUT2D eigenvalue weighted by Gasteiger charge is -2.17. The van der Waals surface area contributed by atoms with E-state index in [-0.39, 0.29) is 5.82 Å². The molecule has 1 aliphatic rings. The Morgan fingerprint density at radius 3 is 3.18 bits per heavy atom. The molecule has 0 bridgehead atoms. The summed E-state index contributed by atoms with van der Waals surface area (Å²) in [6.07, 6.45) is 1.13. The number of nitrogens with zero attached hydrogens (tertiary/aromatic N) is 2. The fraction of sp³-hybridized carbons (Fsp3) is 0.417. The second kappa shape index (κ2) is 4.58. The van der Waals surface area contributed by atoms with Crippen molar-refractivity contribution in [2.24, 2.45) is 0 Å². The smallest absolute Gasteiger partial charge is 0.186 e. The van der Waals surface area contributed by atoms with Crippen LogP contribution >= 0.6 is 11.3 Å². The Labute approximate surface area is 103 Å². The van der Waals surface area contributed by atoms with Crippen molar-refractivity contribution in [3.05, 3.63) is 24.0 Å². The van der Waals surface area contributed by atoms with E-state index in [1.807, 2.05) is 6.07 Å². The Balaban J connectivity index is 1.93. The molecule has 0 radical (unpaired) electrons. The average molecular weight is 251 g/mol. The van der Waals surface area contributed by atoms with Crippen molar-refractivity contribution in [2.75, 3.05) is 31.1 Å². The summed E-state index contributed by atoms with van der Waals surface area (Å²) in [4.78, 5) is 6.80. The summed E-state index contributed by atoms with van der Waals surface area (Å²) >= 11 is 1.64. The highest BCUT2D eigenvalue weighted by molar-refractivity contribution is 7.22. The number of hydrogen-bond donors (Lipinski definition) is 1. The van der Waals surface area contributed by atoms with Crippen LogP contribution in [0, 0.1) is 5.82 Å². The Kier molecular flexibility index (Phi) is 2.94. The van der Waals surface area contributed by atoms with Crippen LogP contribution in [0.5, 0.6) is 0 Å². The van der Waals surface area contributed by atoms with Crippen molar-refractivity contribution < 1.29 is 4.39 Å². The monoisotopic (exact) mass is 251 g/mol. The largest absolute Gasteiger partial charge is 0.347 e. The van der Waals surface area contributed by atoms with Crippen LogP contribution in [0.25, 0.3) is 10.2 Å². The van der Waals surface area contributed by atoms with Gasteiger partial charge in [0.25, 0.3) is 0 Å². The first kappa shape index (κ1) is 10.9. The van der Waals surface area contributed by atoms with Crippen molar-refractivity contribution in [2.45, 2.75) is 6.42 Å². The van der Waals surface area contributed by atoms with Crippen LogP contribution in [0.2, 0.25) is 0 Å². The summed E-state index contributed by atoms with van der Waals surface area (Å²) in [5, 5.41) is 4.37. The number of anilines is 1. The van der Waals surface area contributed by atoms with Gasteiger partial charge >= 0.3 is 0 Å². The molecule has 0 spiro atoms. The Bertz CT molecular complexity index is 517. The summed E-state index contributed by atoms with van der Waals surface area (Å²) in [6, 6.07) is 4.81. The SMILES string of the molecule is Fc1ccc2sc(N3CCCNCC3)nc2c1.